The minimum atomic E-state index is 0.347. The van der Waals surface area contributed by atoms with Gasteiger partial charge in [0, 0.05) is 12.1 Å². The van der Waals surface area contributed by atoms with Crippen LogP contribution in [0.2, 0.25) is 0 Å². The summed E-state index contributed by atoms with van der Waals surface area (Å²) in [5, 5.41) is 0. The Balaban J connectivity index is 2.04. The summed E-state index contributed by atoms with van der Waals surface area (Å²) >= 11 is 0. The molecule has 0 aromatic heterocycles. The number of nitrogens with two attached hydrogens (primary N) is 1. The average Bonchev–Trinajstić information content (AvgIpc) is 2.51. The Hall–Kier alpha value is -0.860. The fourth-order valence-corrected chi connectivity index (χ4v) is 2.20. The summed E-state index contributed by atoms with van der Waals surface area (Å²) in [6.07, 6.45) is 2.21. The quantitative estimate of drug-likeness (QED) is 0.760. The molecule has 1 aliphatic heterocycles. The highest BCUT2D eigenvalue weighted by Crippen LogP contribution is 2.18. The van der Waals surface area contributed by atoms with Crippen molar-refractivity contribution >= 4 is 0 Å². The molecule has 1 saturated heterocycles. The van der Waals surface area contributed by atoms with Gasteiger partial charge in [-0.05, 0) is 32.0 Å². The summed E-state index contributed by atoms with van der Waals surface area (Å²) in [5.41, 5.74) is 7.47. The van der Waals surface area contributed by atoms with E-state index in [1.165, 1.54) is 5.56 Å². The Morgan fingerprint density at radius 3 is 2.64 bits per heavy atom. The summed E-state index contributed by atoms with van der Waals surface area (Å²) < 4.78 is 0. The molecule has 14 heavy (non-hydrogen) atoms. The maximum atomic E-state index is 6.08. The zero-order valence-corrected chi connectivity index (χ0v) is 8.69. The normalized spacial score (nSPS) is 28.1. The van der Waals surface area contributed by atoms with Crippen LogP contribution in [0.1, 0.15) is 12.0 Å². The van der Waals surface area contributed by atoms with Crippen molar-refractivity contribution in [1.29, 1.82) is 0 Å². The minimum Gasteiger partial charge on any atom is -0.326 e. The lowest BCUT2D eigenvalue weighted by atomic mass is 10.0. The maximum absolute atomic E-state index is 6.08. The van der Waals surface area contributed by atoms with Gasteiger partial charge in [-0.1, -0.05) is 30.3 Å². The molecule has 1 aliphatic rings. The van der Waals surface area contributed by atoms with Crippen LogP contribution in [-0.2, 0) is 6.42 Å². The van der Waals surface area contributed by atoms with E-state index in [4.69, 9.17) is 5.73 Å². The Labute approximate surface area is 85.7 Å². The van der Waals surface area contributed by atoms with Gasteiger partial charge < -0.3 is 10.6 Å². The molecule has 0 unspecified atom stereocenters. The van der Waals surface area contributed by atoms with E-state index in [-0.39, 0.29) is 0 Å². The molecule has 2 nitrogen and oxygen atoms in total. The Morgan fingerprint density at radius 2 is 2.07 bits per heavy atom. The maximum Gasteiger partial charge on any atom is 0.0284 e. The first kappa shape index (κ1) is 9.69. The molecule has 1 aromatic carbocycles. The zero-order valence-electron chi connectivity index (χ0n) is 8.69. The van der Waals surface area contributed by atoms with Crippen LogP contribution < -0.4 is 5.73 Å². The van der Waals surface area contributed by atoms with E-state index in [2.05, 4.69) is 42.3 Å². The highest BCUT2D eigenvalue weighted by molar-refractivity contribution is 5.17. The molecule has 0 aliphatic carbocycles. The van der Waals surface area contributed by atoms with Crippen LogP contribution in [0.15, 0.2) is 30.3 Å². The standard InChI is InChI=1S/C12H18N2/c1-14-8-7-11(13)12(14)9-10-5-3-2-4-6-10/h2-6,11-12H,7-9,13H2,1H3/t11-,12+/m1/s1. The lowest BCUT2D eigenvalue weighted by Crippen LogP contribution is -2.38. The molecular weight excluding hydrogens is 172 g/mol. The third-order valence-corrected chi connectivity index (χ3v) is 3.16. The van der Waals surface area contributed by atoms with E-state index in [9.17, 15) is 0 Å². The summed E-state index contributed by atoms with van der Waals surface area (Å²) in [4.78, 5) is 2.37. The van der Waals surface area contributed by atoms with E-state index in [0.29, 0.717) is 12.1 Å². The monoisotopic (exact) mass is 190 g/mol. The zero-order chi connectivity index (χ0) is 9.97. The number of hydrogen-bond donors (Lipinski definition) is 1. The number of nitrogens with zero attached hydrogens (tertiary/aromatic N) is 1. The van der Waals surface area contributed by atoms with Crippen LogP contribution in [-0.4, -0.2) is 30.6 Å². The second kappa shape index (κ2) is 4.11. The number of rotatable bonds is 2. The molecule has 76 valence electrons. The van der Waals surface area contributed by atoms with Gasteiger partial charge in [0.05, 0.1) is 0 Å². The predicted molar refractivity (Wildman–Crippen MR) is 59.2 cm³/mol. The van der Waals surface area contributed by atoms with Crippen molar-refractivity contribution < 1.29 is 0 Å². The second-order valence-electron chi connectivity index (χ2n) is 4.19. The van der Waals surface area contributed by atoms with Gasteiger partial charge in [-0.3, -0.25) is 0 Å². The molecule has 0 spiro atoms. The fraction of sp³-hybridized carbons (Fsp3) is 0.500. The summed E-state index contributed by atoms with van der Waals surface area (Å²) in [6.45, 7) is 1.14. The van der Waals surface area contributed by atoms with Crippen LogP contribution in [0.4, 0.5) is 0 Å². The van der Waals surface area contributed by atoms with E-state index in [0.717, 1.165) is 19.4 Å². The topological polar surface area (TPSA) is 29.3 Å². The van der Waals surface area contributed by atoms with Crippen molar-refractivity contribution in [3.05, 3.63) is 35.9 Å². The highest BCUT2D eigenvalue weighted by Gasteiger charge is 2.28. The van der Waals surface area contributed by atoms with Crippen LogP contribution >= 0.6 is 0 Å². The van der Waals surface area contributed by atoms with Gasteiger partial charge in [0.2, 0.25) is 0 Å². The molecule has 1 aromatic rings. The molecule has 0 amide bonds. The SMILES string of the molecule is CN1CC[C@@H](N)[C@@H]1Cc1ccccc1. The second-order valence-corrected chi connectivity index (χ2v) is 4.19. The van der Waals surface area contributed by atoms with Gasteiger partial charge in [-0.2, -0.15) is 0 Å². The van der Waals surface area contributed by atoms with Gasteiger partial charge in [0.25, 0.3) is 0 Å². The summed E-state index contributed by atoms with van der Waals surface area (Å²) in [7, 11) is 2.17. The van der Waals surface area contributed by atoms with Crippen LogP contribution in [0.25, 0.3) is 0 Å². The van der Waals surface area contributed by atoms with Crippen molar-refractivity contribution in [1.82, 2.24) is 4.90 Å². The van der Waals surface area contributed by atoms with Crippen LogP contribution in [0.3, 0.4) is 0 Å². The summed E-state index contributed by atoms with van der Waals surface area (Å²) in [5.74, 6) is 0. The fourth-order valence-electron chi connectivity index (χ4n) is 2.20. The molecule has 0 radical (unpaired) electrons. The van der Waals surface area contributed by atoms with E-state index in [1.54, 1.807) is 0 Å². The molecule has 2 rings (SSSR count). The first-order valence-electron chi connectivity index (χ1n) is 5.27. The van der Waals surface area contributed by atoms with Gasteiger partial charge in [-0.15, -0.1) is 0 Å². The largest absolute Gasteiger partial charge is 0.326 e. The Morgan fingerprint density at radius 1 is 1.36 bits per heavy atom. The lowest BCUT2D eigenvalue weighted by Gasteiger charge is -2.22. The first-order valence-corrected chi connectivity index (χ1v) is 5.27. The van der Waals surface area contributed by atoms with Crippen LogP contribution in [0, 0.1) is 0 Å². The van der Waals surface area contributed by atoms with Gasteiger partial charge >= 0.3 is 0 Å². The van der Waals surface area contributed by atoms with Crippen molar-refractivity contribution in [2.75, 3.05) is 13.6 Å². The predicted octanol–water partition coefficient (Wildman–Crippen LogP) is 1.26. The van der Waals surface area contributed by atoms with E-state index >= 15 is 0 Å². The third-order valence-electron chi connectivity index (χ3n) is 3.16. The molecule has 1 fully saturated rings. The number of hydrogen-bond acceptors (Lipinski definition) is 2. The van der Waals surface area contributed by atoms with E-state index < -0.39 is 0 Å². The smallest absolute Gasteiger partial charge is 0.0284 e. The summed E-state index contributed by atoms with van der Waals surface area (Å²) in [6, 6.07) is 11.5. The van der Waals surface area contributed by atoms with Gasteiger partial charge in [0.1, 0.15) is 0 Å². The molecule has 0 saturated carbocycles. The highest BCUT2D eigenvalue weighted by atomic mass is 15.2. The number of likely N-dealkylation sites (N-methyl/N-ethyl adjacent to an activating group) is 1. The van der Waals surface area contributed by atoms with E-state index in [1.807, 2.05) is 0 Å². The first-order chi connectivity index (χ1) is 6.77. The molecule has 2 heteroatoms. The number of likely N-dealkylation sites (tertiary alicyclic amines) is 1. The van der Waals surface area contributed by atoms with Gasteiger partial charge in [-0.25, -0.2) is 0 Å². The molecule has 0 bridgehead atoms. The number of benzene rings is 1. The Bertz CT molecular complexity index is 274. The average molecular weight is 190 g/mol. The molecule has 2 N–H and O–H groups in total. The minimum absolute atomic E-state index is 0.347. The van der Waals surface area contributed by atoms with Crippen LogP contribution in [0.5, 0.6) is 0 Å². The molecule has 1 heterocycles. The third kappa shape index (κ3) is 1.97. The van der Waals surface area contributed by atoms with Crippen molar-refractivity contribution in [2.45, 2.75) is 24.9 Å². The molecular formula is C12H18N2. The van der Waals surface area contributed by atoms with Crippen molar-refractivity contribution in [2.24, 2.45) is 5.73 Å². The van der Waals surface area contributed by atoms with Gasteiger partial charge in [0.15, 0.2) is 0 Å². The van der Waals surface area contributed by atoms with Crippen molar-refractivity contribution in [3.8, 4) is 0 Å². The van der Waals surface area contributed by atoms with Crippen molar-refractivity contribution in [3.63, 3.8) is 0 Å². The Kier molecular flexibility index (Phi) is 2.85. The molecule has 2 atom stereocenters. The lowest BCUT2D eigenvalue weighted by molar-refractivity contribution is 0.296.